The predicted molar refractivity (Wildman–Crippen MR) is 82.4 cm³/mol. The maximum absolute atomic E-state index is 3.73. The largest absolute Gasteiger partial charge is 0.308 e. The maximum atomic E-state index is 3.73. The highest BCUT2D eigenvalue weighted by Crippen LogP contribution is 2.32. The van der Waals surface area contributed by atoms with Crippen LogP contribution in [0.25, 0.3) is 0 Å². The minimum Gasteiger partial charge on any atom is -0.308 e. The molecule has 3 heteroatoms. The Kier molecular flexibility index (Phi) is 6.33. The molecule has 0 aliphatic heterocycles. The molecule has 1 heterocycles. The highest BCUT2D eigenvalue weighted by Gasteiger charge is 2.34. The molecule has 1 N–H and O–H groups in total. The number of thiophene rings is 1. The van der Waals surface area contributed by atoms with Crippen LogP contribution in [0.1, 0.15) is 52.6 Å². The molecular weight excluding hydrogens is 240 g/mol. The summed E-state index contributed by atoms with van der Waals surface area (Å²) in [5, 5.41) is 8.18. The van der Waals surface area contributed by atoms with Crippen molar-refractivity contribution in [1.82, 2.24) is 10.2 Å². The lowest BCUT2D eigenvalue weighted by Crippen LogP contribution is -2.52. The molecule has 1 unspecified atom stereocenters. The van der Waals surface area contributed by atoms with E-state index in [9.17, 15) is 0 Å². The highest BCUT2D eigenvalue weighted by atomic mass is 32.1. The molecule has 0 spiro atoms. The lowest BCUT2D eigenvalue weighted by atomic mass is 9.88. The molecule has 0 bridgehead atoms. The Morgan fingerprint density at radius 1 is 1.28 bits per heavy atom. The molecular formula is C15H28N2S. The third-order valence-electron chi connectivity index (χ3n) is 3.76. The van der Waals surface area contributed by atoms with Crippen molar-refractivity contribution in [3.8, 4) is 0 Å². The van der Waals surface area contributed by atoms with E-state index in [0.717, 1.165) is 19.6 Å². The van der Waals surface area contributed by atoms with Crippen LogP contribution in [0.4, 0.5) is 0 Å². The van der Waals surface area contributed by atoms with Crippen molar-refractivity contribution in [2.75, 3.05) is 19.6 Å². The van der Waals surface area contributed by atoms with E-state index in [4.69, 9.17) is 0 Å². The van der Waals surface area contributed by atoms with Gasteiger partial charge in [0, 0.05) is 5.54 Å². The van der Waals surface area contributed by atoms with E-state index >= 15 is 0 Å². The van der Waals surface area contributed by atoms with Gasteiger partial charge < -0.3 is 5.32 Å². The first-order chi connectivity index (χ1) is 8.57. The van der Waals surface area contributed by atoms with Crippen molar-refractivity contribution in [1.29, 1.82) is 0 Å². The summed E-state index contributed by atoms with van der Waals surface area (Å²) in [5.74, 6) is 0. The summed E-state index contributed by atoms with van der Waals surface area (Å²) >= 11 is 1.79. The van der Waals surface area contributed by atoms with Crippen LogP contribution in [-0.2, 0) is 0 Å². The minimum absolute atomic E-state index is 0.139. The third kappa shape index (κ3) is 3.56. The average molecular weight is 268 g/mol. The molecule has 0 radical (unpaired) electrons. The molecule has 2 nitrogen and oxygen atoms in total. The molecule has 0 aliphatic carbocycles. The van der Waals surface area contributed by atoms with Gasteiger partial charge in [-0.2, -0.15) is 11.3 Å². The van der Waals surface area contributed by atoms with Crippen LogP contribution >= 0.6 is 11.3 Å². The smallest absolute Gasteiger partial charge is 0.0510 e. The van der Waals surface area contributed by atoms with Crippen molar-refractivity contribution in [3.63, 3.8) is 0 Å². The van der Waals surface area contributed by atoms with Crippen molar-refractivity contribution >= 4 is 11.3 Å². The molecule has 1 aromatic rings. The summed E-state index contributed by atoms with van der Waals surface area (Å²) in [6, 6.07) is 2.66. The van der Waals surface area contributed by atoms with Gasteiger partial charge in [0.1, 0.15) is 0 Å². The van der Waals surface area contributed by atoms with Gasteiger partial charge in [0.25, 0.3) is 0 Å². The fraction of sp³-hybridized carbons (Fsp3) is 0.733. The van der Waals surface area contributed by atoms with Crippen LogP contribution in [0.2, 0.25) is 0 Å². The second kappa shape index (κ2) is 7.27. The highest BCUT2D eigenvalue weighted by molar-refractivity contribution is 7.07. The number of rotatable bonds is 8. The first-order valence-corrected chi connectivity index (χ1v) is 8.02. The lowest BCUT2D eigenvalue weighted by molar-refractivity contribution is 0.0913. The minimum atomic E-state index is 0.139. The Hall–Kier alpha value is -0.380. The number of hydrogen-bond donors (Lipinski definition) is 1. The molecule has 104 valence electrons. The van der Waals surface area contributed by atoms with Gasteiger partial charge in [-0.15, -0.1) is 0 Å². The van der Waals surface area contributed by atoms with Crippen molar-refractivity contribution in [3.05, 3.63) is 22.4 Å². The van der Waals surface area contributed by atoms with Crippen LogP contribution in [0.5, 0.6) is 0 Å². The number of nitrogens with zero attached hydrogens (tertiary/aromatic N) is 1. The topological polar surface area (TPSA) is 15.3 Å². The monoisotopic (exact) mass is 268 g/mol. The first kappa shape index (κ1) is 15.7. The van der Waals surface area contributed by atoms with Gasteiger partial charge in [-0.25, -0.2) is 0 Å². The van der Waals surface area contributed by atoms with Gasteiger partial charge in [-0.05, 0) is 62.3 Å². The summed E-state index contributed by atoms with van der Waals surface area (Å²) in [5.41, 5.74) is 1.56. The Morgan fingerprint density at radius 3 is 2.39 bits per heavy atom. The summed E-state index contributed by atoms with van der Waals surface area (Å²) in [6.45, 7) is 14.7. The van der Waals surface area contributed by atoms with Gasteiger partial charge in [-0.3, -0.25) is 4.90 Å². The van der Waals surface area contributed by atoms with E-state index in [1.807, 2.05) is 0 Å². The Morgan fingerprint density at radius 2 is 1.94 bits per heavy atom. The predicted octanol–water partition coefficient (Wildman–Crippen LogP) is 3.91. The number of likely N-dealkylation sites (N-methyl/N-ethyl adjacent to an activating group) is 1. The van der Waals surface area contributed by atoms with Crippen LogP contribution in [-0.4, -0.2) is 30.1 Å². The van der Waals surface area contributed by atoms with Gasteiger partial charge in [-0.1, -0.05) is 20.8 Å². The quantitative estimate of drug-likeness (QED) is 0.769. The van der Waals surface area contributed by atoms with Gasteiger partial charge in [0.2, 0.25) is 0 Å². The Bertz CT molecular complexity index is 315. The number of hydrogen-bond acceptors (Lipinski definition) is 3. The molecule has 1 aromatic heterocycles. The summed E-state index contributed by atoms with van der Waals surface area (Å²) in [7, 11) is 0. The molecule has 0 aromatic carbocycles. The van der Waals surface area contributed by atoms with Crippen LogP contribution < -0.4 is 5.32 Å². The van der Waals surface area contributed by atoms with Crippen molar-refractivity contribution < 1.29 is 0 Å². The molecule has 0 fully saturated rings. The van der Waals surface area contributed by atoms with Crippen LogP contribution in [0, 0.1) is 0 Å². The SMILES string of the molecule is CCCNC(c1ccsc1)C(C)(C)N(CC)CC. The fourth-order valence-electron chi connectivity index (χ4n) is 2.72. The van der Waals surface area contributed by atoms with E-state index in [0.29, 0.717) is 6.04 Å². The molecule has 1 atom stereocenters. The molecule has 0 saturated carbocycles. The van der Waals surface area contributed by atoms with E-state index < -0.39 is 0 Å². The summed E-state index contributed by atoms with van der Waals surface area (Å²) in [4.78, 5) is 2.54. The van der Waals surface area contributed by atoms with E-state index in [1.54, 1.807) is 11.3 Å². The van der Waals surface area contributed by atoms with Crippen LogP contribution in [0.15, 0.2) is 16.8 Å². The van der Waals surface area contributed by atoms with Crippen molar-refractivity contribution in [2.24, 2.45) is 0 Å². The molecule has 0 amide bonds. The van der Waals surface area contributed by atoms with E-state index in [1.165, 1.54) is 12.0 Å². The number of nitrogens with one attached hydrogen (secondary N) is 1. The lowest BCUT2D eigenvalue weighted by Gasteiger charge is -2.43. The Balaban J connectivity index is 2.94. The van der Waals surface area contributed by atoms with Gasteiger partial charge >= 0.3 is 0 Å². The van der Waals surface area contributed by atoms with Crippen molar-refractivity contribution in [2.45, 2.75) is 52.6 Å². The zero-order valence-electron chi connectivity index (χ0n) is 12.5. The fourth-order valence-corrected chi connectivity index (χ4v) is 3.41. The second-order valence-electron chi connectivity index (χ2n) is 5.27. The molecule has 1 rings (SSSR count). The van der Waals surface area contributed by atoms with Crippen LogP contribution in [0.3, 0.4) is 0 Å². The average Bonchev–Trinajstić information content (AvgIpc) is 2.84. The second-order valence-corrected chi connectivity index (χ2v) is 6.05. The first-order valence-electron chi connectivity index (χ1n) is 7.08. The van der Waals surface area contributed by atoms with E-state index in [-0.39, 0.29) is 5.54 Å². The van der Waals surface area contributed by atoms with Gasteiger partial charge in [0.05, 0.1) is 6.04 Å². The normalized spacial score (nSPS) is 14.1. The summed E-state index contributed by atoms with van der Waals surface area (Å²) in [6.07, 6.45) is 1.18. The third-order valence-corrected chi connectivity index (χ3v) is 4.46. The molecule has 0 saturated heterocycles. The zero-order valence-corrected chi connectivity index (χ0v) is 13.3. The standard InChI is InChI=1S/C15H28N2S/c1-6-10-16-14(13-9-11-18-12-13)15(4,5)17(7-2)8-3/h9,11-12,14,16H,6-8,10H2,1-5H3. The Labute approximate surface area is 116 Å². The van der Waals surface area contributed by atoms with E-state index in [2.05, 4.69) is 61.7 Å². The van der Waals surface area contributed by atoms with Gasteiger partial charge in [0.15, 0.2) is 0 Å². The zero-order chi connectivity index (χ0) is 13.6. The maximum Gasteiger partial charge on any atom is 0.0510 e. The molecule has 18 heavy (non-hydrogen) atoms. The molecule has 0 aliphatic rings. The summed E-state index contributed by atoms with van der Waals surface area (Å²) < 4.78 is 0.